The Balaban J connectivity index is 1.92. The van der Waals surface area contributed by atoms with E-state index < -0.39 is 0 Å². The van der Waals surface area contributed by atoms with Crippen LogP contribution in [0, 0.1) is 35.0 Å². The van der Waals surface area contributed by atoms with Crippen LogP contribution in [0.1, 0.15) is 33.9 Å². The van der Waals surface area contributed by atoms with Crippen LogP contribution in [0.4, 0.5) is 0 Å². The van der Waals surface area contributed by atoms with Gasteiger partial charge in [-0.3, -0.25) is 0 Å². The average Bonchev–Trinajstić information content (AvgIpc) is 2.79. The summed E-state index contributed by atoms with van der Waals surface area (Å²) in [4.78, 5) is 0. The number of hydrogen-bond donors (Lipinski definition) is 0. The Labute approximate surface area is 185 Å². The number of benzene rings is 3. The van der Waals surface area contributed by atoms with Crippen molar-refractivity contribution >= 4 is 22.6 Å². The number of alkyl halides is 1. The first kappa shape index (κ1) is 20.7. The fourth-order valence-electron chi connectivity index (χ4n) is 2.65. The molecule has 0 aliphatic carbocycles. The molecule has 0 aliphatic rings. The van der Waals surface area contributed by atoms with Crippen molar-refractivity contribution in [1.82, 2.24) is 0 Å². The molecular weight excluding hydrogens is 469 g/mol. The van der Waals surface area contributed by atoms with E-state index in [0.29, 0.717) is 12.2 Å². The van der Waals surface area contributed by atoms with Gasteiger partial charge in [0.2, 0.25) is 0 Å². The third-order valence-corrected chi connectivity index (χ3v) is 4.52. The van der Waals surface area contributed by atoms with Crippen LogP contribution in [0.25, 0.3) is 0 Å². The van der Waals surface area contributed by atoms with Crippen LogP contribution in [0.5, 0.6) is 0 Å². The summed E-state index contributed by atoms with van der Waals surface area (Å²) in [6.07, 6.45) is -0.373. The van der Waals surface area contributed by atoms with Gasteiger partial charge in [-0.05, 0) is 42.5 Å². The van der Waals surface area contributed by atoms with Gasteiger partial charge in [-0.2, -0.15) is 5.26 Å². The maximum atomic E-state index is 8.94. The molecule has 0 amide bonds. The van der Waals surface area contributed by atoms with E-state index in [1.807, 2.05) is 66.7 Å². The SMILES string of the molecule is N#Cc1ccc(C#CC(OCCI)c2ccccc2C#Cc2ccccc2)cc1. The van der Waals surface area contributed by atoms with Crippen LogP contribution in [0.15, 0.2) is 78.9 Å². The lowest BCUT2D eigenvalue weighted by Crippen LogP contribution is -2.06. The zero-order chi connectivity index (χ0) is 20.3. The number of nitriles is 1. The van der Waals surface area contributed by atoms with Gasteiger partial charge in [0.1, 0.15) is 6.10 Å². The van der Waals surface area contributed by atoms with Crippen molar-refractivity contribution in [1.29, 1.82) is 5.26 Å². The molecule has 1 atom stereocenters. The van der Waals surface area contributed by atoms with E-state index in [-0.39, 0.29) is 6.10 Å². The Kier molecular flexibility index (Phi) is 7.90. The summed E-state index contributed by atoms with van der Waals surface area (Å²) in [7, 11) is 0. The molecule has 2 nitrogen and oxygen atoms in total. The van der Waals surface area contributed by atoms with Gasteiger partial charge in [-0.25, -0.2) is 0 Å². The van der Waals surface area contributed by atoms with Crippen LogP contribution < -0.4 is 0 Å². The Morgan fingerprint density at radius 3 is 2.14 bits per heavy atom. The van der Waals surface area contributed by atoms with Gasteiger partial charge >= 0.3 is 0 Å². The van der Waals surface area contributed by atoms with E-state index in [1.54, 1.807) is 12.1 Å². The topological polar surface area (TPSA) is 33.0 Å². The molecule has 3 aromatic carbocycles. The monoisotopic (exact) mass is 487 g/mol. The van der Waals surface area contributed by atoms with Gasteiger partial charge in [0, 0.05) is 26.7 Å². The minimum atomic E-state index is -0.373. The van der Waals surface area contributed by atoms with E-state index in [4.69, 9.17) is 10.00 Å². The fraction of sp³-hybridized carbons (Fsp3) is 0.115. The summed E-state index contributed by atoms with van der Waals surface area (Å²) in [5, 5.41) is 8.94. The lowest BCUT2D eigenvalue weighted by Gasteiger charge is -2.14. The molecule has 1 unspecified atom stereocenters. The second-order valence-electron chi connectivity index (χ2n) is 6.10. The lowest BCUT2D eigenvalue weighted by atomic mass is 10.0. The molecular formula is C26H18INO. The average molecular weight is 487 g/mol. The smallest absolute Gasteiger partial charge is 0.145 e. The minimum Gasteiger partial charge on any atom is -0.360 e. The summed E-state index contributed by atoms with van der Waals surface area (Å²) in [6, 6.07) is 27.2. The highest BCUT2D eigenvalue weighted by molar-refractivity contribution is 14.1. The number of hydrogen-bond acceptors (Lipinski definition) is 2. The molecule has 0 saturated heterocycles. The van der Waals surface area contributed by atoms with Crippen molar-refractivity contribution in [3.8, 4) is 29.8 Å². The molecule has 0 saturated carbocycles. The standard InChI is InChI=1S/C26H18INO/c27-18-19-29-26(17-15-22-10-12-23(20-28)13-11-22)25-9-5-4-8-24(25)16-14-21-6-2-1-3-7-21/h1-13,26H,18-19H2. The summed E-state index contributed by atoms with van der Waals surface area (Å²) >= 11 is 2.29. The molecule has 0 radical (unpaired) electrons. The highest BCUT2D eigenvalue weighted by Gasteiger charge is 2.12. The molecule has 0 aromatic heterocycles. The highest BCUT2D eigenvalue weighted by Crippen LogP contribution is 2.21. The molecule has 0 aliphatic heterocycles. The fourth-order valence-corrected chi connectivity index (χ4v) is 2.90. The zero-order valence-electron chi connectivity index (χ0n) is 15.7. The minimum absolute atomic E-state index is 0.373. The van der Waals surface area contributed by atoms with E-state index in [9.17, 15) is 0 Å². The Bertz CT molecular complexity index is 1110. The van der Waals surface area contributed by atoms with Gasteiger partial charge < -0.3 is 4.74 Å². The lowest BCUT2D eigenvalue weighted by molar-refractivity contribution is 0.107. The second-order valence-corrected chi connectivity index (χ2v) is 7.18. The quantitative estimate of drug-likeness (QED) is 0.277. The Morgan fingerprint density at radius 1 is 0.759 bits per heavy atom. The first-order valence-electron chi connectivity index (χ1n) is 9.15. The van der Waals surface area contributed by atoms with Gasteiger partial charge in [-0.1, -0.05) is 82.7 Å². The molecule has 3 rings (SSSR count). The number of ether oxygens (including phenoxy) is 1. The van der Waals surface area contributed by atoms with Crippen molar-refractivity contribution in [2.75, 3.05) is 11.0 Å². The molecule has 140 valence electrons. The van der Waals surface area contributed by atoms with Gasteiger partial charge in [0.15, 0.2) is 0 Å². The van der Waals surface area contributed by atoms with Crippen molar-refractivity contribution < 1.29 is 4.74 Å². The van der Waals surface area contributed by atoms with E-state index in [0.717, 1.165) is 26.7 Å². The van der Waals surface area contributed by atoms with Gasteiger partial charge in [0.25, 0.3) is 0 Å². The second kappa shape index (κ2) is 11.1. The van der Waals surface area contributed by atoms with Crippen LogP contribution in [-0.2, 0) is 4.74 Å². The highest BCUT2D eigenvalue weighted by atomic mass is 127. The number of halogens is 1. The first-order chi connectivity index (χ1) is 14.3. The zero-order valence-corrected chi connectivity index (χ0v) is 17.9. The largest absolute Gasteiger partial charge is 0.360 e. The van der Waals surface area contributed by atoms with E-state index >= 15 is 0 Å². The van der Waals surface area contributed by atoms with Gasteiger partial charge in [-0.15, -0.1) is 0 Å². The van der Waals surface area contributed by atoms with Gasteiger partial charge in [0.05, 0.1) is 18.2 Å². The molecule has 0 heterocycles. The van der Waals surface area contributed by atoms with E-state index in [2.05, 4.69) is 52.3 Å². The van der Waals surface area contributed by atoms with Crippen molar-refractivity contribution in [2.24, 2.45) is 0 Å². The van der Waals surface area contributed by atoms with Crippen molar-refractivity contribution in [3.63, 3.8) is 0 Å². The summed E-state index contributed by atoms with van der Waals surface area (Å²) in [5.74, 6) is 12.9. The van der Waals surface area contributed by atoms with Crippen LogP contribution >= 0.6 is 22.6 Å². The number of nitrogens with zero attached hydrogens (tertiary/aromatic N) is 1. The molecule has 29 heavy (non-hydrogen) atoms. The van der Waals surface area contributed by atoms with Crippen LogP contribution in [0.2, 0.25) is 0 Å². The summed E-state index contributed by atoms with van der Waals surface area (Å²) in [6.45, 7) is 0.605. The van der Waals surface area contributed by atoms with Crippen LogP contribution in [0.3, 0.4) is 0 Å². The van der Waals surface area contributed by atoms with E-state index in [1.165, 1.54) is 0 Å². The molecule has 0 N–H and O–H groups in total. The van der Waals surface area contributed by atoms with Crippen molar-refractivity contribution in [3.05, 3.63) is 107 Å². The number of rotatable bonds is 4. The molecule has 0 bridgehead atoms. The predicted octanol–water partition coefficient (Wildman–Crippen LogP) is 5.50. The Hall–Kier alpha value is -3.04. The third-order valence-electron chi connectivity index (χ3n) is 4.08. The normalized spacial score (nSPS) is 10.6. The molecule has 0 spiro atoms. The molecule has 0 fully saturated rings. The predicted molar refractivity (Wildman–Crippen MR) is 124 cm³/mol. The van der Waals surface area contributed by atoms with Crippen molar-refractivity contribution in [2.45, 2.75) is 6.10 Å². The molecule has 3 aromatic rings. The third kappa shape index (κ3) is 6.23. The molecule has 3 heteroatoms. The maximum Gasteiger partial charge on any atom is 0.145 e. The summed E-state index contributed by atoms with van der Waals surface area (Å²) in [5.41, 5.74) is 4.30. The Morgan fingerprint density at radius 2 is 1.41 bits per heavy atom. The maximum absolute atomic E-state index is 8.94. The summed E-state index contributed by atoms with van der Waals surface area (Å²) < 4.78 is 6.92. The first-order valence-corrected chi connectivity index (χ1v) is 10.7. The van der Waals surface area contributed by atoms with Crippen LogP contribution in [-0.4, -0.2) is 11.0 Å².